The van der Waals surface area contributed by atoms with Gasteiger partial charge >= 0.3 is 0 Å². The van der Waals surface area contributed by atoms with Gasteiger partial charge in [-0.1, -0.05) is 25.8 Å². The SMILES string of the molecule is CCCCC(CN)N(C)C(C)c1cccs1. The van der Waals surface area contributed by atoms with Gasteiger partial charge in [-0.2, -0.15) is 0 Å². The lowest BCUT2D eigenvalue weighted by Gasteiger charge is -2.32. The molecule has 0 fully saturated rings. The number of rotatable bonds is 7. The van der Waals surface area contributed by atoms with Crippen molar-refractivity contribution < 1.29 is 0 Å². The second-order valence-electron chi connectivity index (χ2n) is 4.39. The molecule has 92 valence electrons. The smallest absolute Gasteiger partial charge is 0.0413 e. The van der Waals surface area contributed by atoms with Crippen molar-refractivity contribution in [2.24, 2.45) is 5.73 Å². The van der Waals surface area contributed by atoms with Crippen molar-refractivity contribution in [1.29, 1.82) is 0 Å². The standard InChI is InChI=1S/C13H24N2S/c1-4-5-7-12(10-14)15(3)11(2)13-8-6-9-16-13/h6,8-9,11-12H,4-5,7,10,14H2,1-3H3. The number of likely N-dealkylation sites (N-methyl/N-ethyl adjacent to an activating group) is 1. The van der Waals surface area contributed by atoms with E-state index < -0.39 is 0 Å². The minimum atomic E-state index is 0.477. The molecule has 2 unspecified atom stereocenters. The maximum atomic E-state index is 5.87. The molecule has 0 aromatic carbocycles. The summed E-state index contributed by atoms with van der Waals surface area (Å²) in [6.45, 7) is 5.25. The summed E-state index contributed by atoms with van der Waals surface area (Å²) in [5.74, 6) is 0. The second kappa shape index (κ2) is 7.05. The Morgan fingerprint density at radius 1 is 1.50 bits per heavy atom. The van der Waals surface area contributed by atoms with Crippen LogP contribution in [0.3, 0.4) is 0 Å². The predicted octanol–water partition coefficient (Wildman–Crippen LogP) is 3.26. The summed E-state index contributed by atoms with van der Waals surface area (Å²) < 4.78 is 0. The van der Waals surface area contributed by atoms with E-state index in [0.29, 0.717) is 12.1 Å². The van der Waals surface area contributed by atoms with Crippen LogP contribution in [0.4, 0.5) is 0 Å². The van der Waals surface area contributed by atoms with E-state index in [4.69, 9.17) is 5.73 Å². The van der Waals surface area contributed by atoms with Crippen LogP contribution in [-0.2, 0) is 0 Å². The van der Waals surface area contributed by atoms with Crippen LogP contribution in [0.1, 0.15) is 44.0 Å². The largest absolute Gasteiger partial charge is 0.329 e. The fourth-order valence-electron chi connectivity index (χ4n) is 1.97. The van der Waals surface area contributed by atoms with Crippen molar-refractivity contribution in [3.8, 4) is 0 Å². The maximum absolute atomic E-state index is 5.87. The van der Waals surface area contributed by atoms with Crippen LogP contribution >= 0.6 is 11.3 Å². The van der Waals surface area contributed by atoms with Gasteiger partial charge in [0.15, 0.2) is 0 Å². The summed E-state index contributed by atoms with van der Waals surface area (Å²) in [6, 6.07) is 5.31. The summed E-state index contributed by atoms with van der Waals surface area (Å²) in [5, 5.41) is 2.14. The summed E-state index contributed by atoms with van der Waals surface area (Å²) >= 11 is 1.83. The van der Waals surface area contributed by atoms with E-state index in [1.165, 1.54) is 24.1 Å². The first kappa shape index (κ1) is 13.7. The van der Waals surface area contributed by atoms with Crippen molar-refractivity contribution >= 4 is 11.3 Å². The topological polar surface area (TPSA) is 29.3 Å². The van der Waals surface area contributed by atoms with Gasteiger partial charge < -0.3 is 5.73 Å². The molecule has 0 aliphatic rings. The highest BCUT2D eigenvalue weighted by Crippen LogP contribution is 2.25. The van der Waals surface area contributed by atoms with E-state index in [1.54, 1.807) is 0 Å². The number of unbranched alkanes of at least 4 members (excludes halogenated alkanes) is 1. The molecule has 1 aromatic rings. The summed E-state index contributed by atoms with van der Waals surface area (Å²) in [6.07, 6.45) is 3.72. The van der Waals surface area contributed by atoms with E-state index in [9.17, 15) is 0 Å². The zero-order valence-electron chi connectivity index (χ0n) is 10.6. The lowest BCUT2D eigenvalue weighted by atomic mass is 10.1. The third-order valence-corrected chi connectivity index (χ3v) is 4.35. The number of hydrogen-bond donors (Lipinski definition) is 1. The maximum Gasteiger partial charge on any atom is 0.0413 e. The number of nitrogens with zero attached hydrogens (tertiary/aromatic N) is 1. The van der Waals surface area contributed by atoms with Crippen LogP contribution in [0.5, 0.6) is 0 Å². The van der Waals surface area contributed by atoms with Crippen LogP contribution < -0.4 is 5.73 Å². The molecule has 16 heavy (non-hydrogen) atoms. The van der Waals surface area contributed by atoms with Gasteiger partial charge in [0, 0.05) is 23.5 Å². The van der Waals surface area contributed by atoms with E-state index in [2.05, 4.69) is 43.3 Å². The Bertz CT molecular complexity index is 271. The second-order valence-corrected chi connectivity index (χ2v) is 5.37. The highest BCUT2D eigenvalue weighted by atomic mass is 32.1. The van der Waals surface area contributed by atoms with E-state index in [1.807, 2.05) is 11.3 Å². The summed E-state index contributed by atoms with van der Waals surface area (Å²) in [4.78, 5) is 3.85. The molecule has 0 radical (unpaired) electrons. The number of nitrogens with two attached hydrogens (primary N) is 1. The fraction of sp³-hybridized carbons (Fsp3) is 0.692. The molecule has 0 spiro atoms. The molecule has 0 amide bonds. The third-order valence-electron chi connectivity index (χ3n) is 3.30. The Morgan fingerprint density at radius 3 is 2.75 bits per heavy atom. The molecule has 1 rings (SSSR count). The first-order chi connectivity index (χ1) is 7.70. The van der Waals surface area contributed by atoms with Crippen molar-refractivity contribution in [3.63, 3.8) is 0 Å². The van der Waals surface area contributed by atoms with Gasteiger partial charge in [-0.05, 0) is 31.8 Å². The van der Waals surface area contributed by atoms with Crippen molar-refractivity contribution in [3.05, 3.63) is 22.4 Å². The van der Waals surface area contributed by atoms with Gasteiger partial charge in [-0.15, -0.1) is 11.3 Å². The lowest BCUT2D eigenvalue weighted by Crippen LogP contribution is -2.39. The molecule has 0 bridgehead atoms. The zero-order chi connectivity index (χ0) is 12.0. The molecule has 0 saturated carbocycles. The van der Waals surface area contributed by atoms with Gasteiger partial charge in [0.1, 0.15) is 0 Å². The monoisotopic (exact) mass is 240 g/mol. The van der Waals surface area contributed by atoms with Crippen molar-refractivity contribution in [2.45, 2.75) is 45.2 Å². The Labute approximate surface area is 103 Å². The van der Waals surface area contributed by atoms with Crippen LogP contribution in [0.2, 0.25) is 0 Å². The van der Waals surface area contributed by atoms with Gasteiger partial charge in [-0.25, -0.2) is 0 Å². The molecule has 2 N–H and O–H groups in total. The summed E-state index contributed by atoms with van der Waals surface area (Å²) in [5.41, 5.74) is 5.87. The van der Waals surface area contributed by atoms with Crippen LogP contribution in [0.25, 0.3) is 0 Å². The Balaban J connectivity index is 2.56. The average Bonchev–Trinajstić information content (AvgIpc) is 2.82. The number of hydrogen-bond acceptors (Lipinski definition) is 3. The molecular formula is C13H24N2S. The molecule has 0 saturated heterocycles. The zero-order valence-corrected chi connectivity index (χ0v) is 11.5. The van der Waals surface area contributed by atoms with Crippen LogP contribution in [0, 0.1) is 0 Å². The minimum Gasteiger partial charge on any atom is -0.329 e. The quantitative estimate of drug-likeness (QED) is 0.792. The predicted molar refractivity (Wildman–Crippen MR) is 72.9 cm³/mol. The Morgan fingerprint density at radius 2 is 2.25 bits per heavy atom. The molecule has 1 heterocycles. The molecule has 2 atom stereocenters. The van der Waals surface area contributed by atoms with Crippen LogP contribution in [-0.4, -0.2) is 24.5 Å². The van der Waals surface area contributed by atoms with Gasteiger partial charge in [-0.3, -0.25) is 4.90 Å². The van der Waals surface area contributed by atoms with Gasteiger partial charge in [0.25, 0.3) is 0 Å². The van der Waals surface area contributed by atoms with E-state index in [-0.39, 0.29) is 0 Å². The molecule has 1 aromatic heterocycles. The Kier molecular flexibility index (Phi) is 6.03. The van der Waals surface area contributed by atoms with Crippen LogP contribution in [0.15, 0.2) is 17.5 Å². The molecule has 0 aliphatic carbocycles. The fourth-order valence-corrected chi connectivity index (χ4v) is 2.81. The van der Waals surface area contributed by atoms with Gasteiger partial charge in [0.2, 0.25) is 0 Å². The first-order valence-electron chi connectivity index (χ1n) is 6.16. The average molecular weight is 240 g/mol. The first-order valence-corrected chi connectivity index (χ1v) is 7.04. The normalized spacial score (nSPS) is 15.3. The van der Waals surface area contributed by atoms with E-state index >= 15 is 0 Å². The highest BCUT2D eigenvalue weighted by Gasteiger charge is 2.19. The lowest BCUT2D eigenvalue weighted by molar-refractivity contribution is 0.180. The van der Waals surface area contributed by atoms with Gasteiger partial charge in [0.05, 0.1) is 0 Å². The highest BCUT2D eigenvalue weighted by molar-refractivity contribution is 7.10. The third kappa shape index (κ3) is 3.58. The van der Waals surface area contributed by atoms with Crippen molar-refractivity contribution in [2.75, 3.05) is 13.6 Å². The summed E-state index contributed by atoms with van der Waals surface area (Å²) in [7, 11) is 2.19. The molecule has 2 nitrogen and oxygen atoms in total. The number of thiophene rings is 1. The minimum absolute atomic E-state index is 0.477. The Hall–Kier alpha value is -0.380. The van der Waals surface area contributed by atoms with Crippen molar-refractivity contribution in [1.82, 2.24) is 4.90 Å². The molecular weight excluding hydrogens is 216 g/mol. The van der Waals surface area contributed by atoms with E-state index in [0.717, 1.165) is 6.54 Å². The molecule has 3 heteroatoms. The molecule has 0 aliphatic heterocycles.